The first-order valence-corrected chi connectivity index (χ1v) is 5.93. The van der Waals surface area contributed by atoms with Crippen LogP contribution in [-0.4, -0.2) is 38.2 Å². The van der Waals surface area contributed by atoms with Crippen LogP contribution in [0.15, 0.2) is 0 Å². The zero-order valence-corrected chi connectivity index (χ0v) is 10.6. The molecule has 0 fully saturated rings. The molecule has 0 aliphatic rings. The predicted octanol–water partition coefficient (Wildman–Crippen LogP) is 0.415. The average molecular weight is 254 g/mol. The van der Waals surface area contributed by atoms with E-state index in [4.69, 9.17) is 5.11 Å². The summed E-state index contributed by atoms with van der Waals surface area (Å²) in [5.41, 5.74) is 0. The summed E-state index contributed by atoms with van der Waals surface area (Å²) >= 11 is 0. The first-order chi connectivity index (χ1) is 8.52. The minimum absolute atomic E-state index is 0.0136. The molecule has 3 N–H and O–H groups in total. The van der Waals surface area contributed by atoms with Crippen LogP contribution in [-0.2, 0) is 16.0 Å². The number of nitrogens with one attached hydrogen (secondary N) is 2. The van der Waals surface area contributed by atoms with Gasteiger partial charge in [-0.05, 0) is 13.3 Å². The van der Waals surface area contributed by atoms with Gasteiger partial charge in [0, 0.05) is 0 Å². The lowest BCUT2D eigenvalue weighted by molar-refractivity contribution is -0.142. The van der Waals surface area contributed by atoms with Crippen LogP contribution in [0.5, 0.6) is 0 Å². The molecule has 0 aromatic carbocycles. The molecule has 0 bridgehead atoms. The van der Waals surface area contributed by atoms with Crippen molar-refractivity contribution in [2.24, 2.45) is 0 Å². The molecule has 100 valence electrons. The van der Waals surface area contributed by atoms with E-state index >= 15 is 0 Å². The number of aromatic nitrogens is 3. The van der Waals surface area contributed by atoms with Crippen LogP contribution >= 0.6 is 0 Å². The number of H-pyrrole nitrogens is 1. The summed E-state index contributed by atoms with van der Waals surface area (Å²) < 4.78 is 0. The Hall–Kier alpha value is -1.92. The molecule has 0 spiro atoms. The summed E-state index contributed by atoms with van der Waals surface area (Å²) in [4.78, 5) is 26.6. The molecular weight excluding hydrogens is 236 g/mol. The lowest BCUT2D eigenvalue weighted by Gasteiger charge is -2.13. The van der Waals surface area contributed by atoms with Crippen molar-refractivity contribution < 1.29 is 14.7 Å². The SMILES string of the molecule is CCCCC(NC(=O)Cc1n[nH]c(C)n1)C(=O)O. The van der Waals surface area contributed by atoms with E-state index in [0.717, 1.165) is 12.8 Å². The maximum Gasteiger partial charge on any atom is 0.326 e. The van der Waals surface area contributed by atoms with Gasteiger partial charge in [0.1, 0.15) is 11.9 Å². The highest BCUT2D eigenvalue weighted by Gasteiger charge is 2.19. The fraction of sp³-hybridized carbons (Fsp3) is 0.636. The van der Waals surface area contributed by atoms with Gasteiger partial charge in [0.15, 0.2) is 5.82 Å². The van der Waals surface area contributed by atoms with E-state index in [1.807, 2.05) is 6.92 Å². The van der Waals surface area contributed by atoms with Gasteiger partial charge in [-0.3, -0.25) is 9.89 Å². The third-order valence-electron chi connectivity index (χ3n) is 2.44. The second kappa shape index (κ2) is 6.73. The zero-order valence-electron chi connectivity index (χ0n) is 10.6. The Morgan fingerprint density at radius 3 is 2.72 bits per heavy atom. The van der Waals surface area contributed by atoms with Gasteiger partial charge in [-0.25, -0.2) is 9.78 Å². The molecule has 18 heavy (non-hydrogen) atoms. The Morgan fingerprint density at radius 2 is 2.22 bits per heavy atom. The van der Waals surface area contributed by atoms with Gasteiger partial charge in [-0.2, -0.15) is 5.10 Å². The quantitative estimate of drug-likeness (QED) is 0.653. The molecule has 0 radical (unpaired) electrons. The molecule has 1 aromatic rings. The van der Waals surface area contributed by atoms with Crippen molar-refractivity contribution in [2.45, 2.75) is 45.6 Å². The maximum absolute atomic E-state index is 11.6. The third-order valence-corrected chi connectivity index (χ3v) is 2.44. The summed E-state index contributed by atoms with van der Waals surface area (Å²) in [6, 6.07) is -0.836. The van der Waals surface area contributed by atoms with E-state index < -0.39 is 12.0 Å². The number of aryl methyl sites for hydroxylation is 1. The molecule has 1 unspecified atom stereocenters. The molecule has 0 saturated heterocycles. The van der Waals surface area contributed by atoms with Crippen LogP contribution < -0.4 is 5.32 Å². The van der Waals surface area contributed by atoms with Crippen molar-refractivity contribution in [2.75, 3.05) is 0 Å². The summed E-state index contributed by atoms with van der Waals surface area (Å²) in [5.74, 6) is -0.399. The molecule has 1 amide bonds. The number of hydrogen-bond acceptors (Lipinski definition) is 4. The van der Waals surface area contributed by atoms with Crippen molar-refractivity contribution in [1.82, 2.24) is 20.5 Å². The van der Waals surface area contributed by atoms with Crippen LogP contribution in [0, 0.1) is 6.92 Å². The van der Waals surface area contributed by atoms with E-state index in [-0.39, 0.29) is 12.3 Å². The highest BCUT2D eigenvalue weighted by atomic mass is 16.4. The van der Waals surface area contributed by atoms with Gasteiger partial charge < -0.3 is 10.4 Å². The number of carbonyl (C=O) groups excluding carboxylic acids is 1. The summed E-state index contributed by atoms with van der Waals surface area (Å²) in [6.45, 7) is 3.70. The Balaban J connectivity index is 2.48. The number of carboxylic acid groups (broad SMARTS) is 1. The molecular formula is C11H18N4O3. The second-order valence-corrected chi connectivity index (χ2v) is 4.11. The van der Waals surface area contributed by atoms with Crippen LogP contribution in [0.3, 0.4) is 0 Å². The first kappa shape index (κ1) is 14.1. The number of unbranched alkanes of at least 4 members (excludes halogenated alkanes) is 1. The lowest BCUT2D eigenvalue weighted by atomic mass is 10.1. The topological polar surface area (TPSA) is 108 Å². The van der Waals surface area contributed by atoms with Crippen molar-refractivity contribution in [3.63, 3.8) is 0 Å². The normalized spacial score (nSPS) is 12.1. The number of carbonyl (C=O) groups is 2. The van der Waals surface area contributed by atoms with Crippen molar-refractivity contribution in [3.05, 3.63) is 11.6 Å². The summed E-state index contributed by atoms with van der Waals surface area (Å²) in [6.07, 6.45) is 2.07. The van der Waals surface area contributed by atoms with E-state index in [1.54, 1.807) is 6.92 Å². The van der Waals surface area contributed by atoms with Gasteiger partial charge in [0.2, 0.25) is 5.91 Å². The number of rotatable bonds is 7. The van der Waals surface area contributed by atoms with Crippen molar-refractivity contribution in [1.29, 1.82) is 0 Å². The van der Waals surface area contributed by atoms with E-state index in [1.165, 1.54) is 0 Å². The fourth-order valence-corrected chi connectivity index (χ4v) is 1.52. The van der Waals surface area contributed by atoms with Gasteiger partial charge >= 0.3 is 5.97 Å². The standard InChI is InChI=1S/C11H18N4O3/c1-3-4-5-8(11(17)18)13-10(16)6-9-12-7(2)14-15-9/h8H,3-6H2,1-2H3,(H,13,16)(H,17,18)(H,12,14,15). The minimum atomic E-state index is -1.01. The predicted molar refractivity (Wildman–Crippen MR) is 63.9 cm³/mol. The number of nitrogens with zero attached hydrogens (tertiary/aromatic N) is 2. The minimum Gasteiger partial charge on any atom is -0.480 e. The molecule has 7 heteroatoms. The van der Waals surface area contributed by atoms with Crippen LogP contribution in [0.25, 0.3) is 0 Å². The first-order valence-electron chi connectivity index (χ1n) is 5.93. The number of amides is 1. The number of aromatic amines is 1. The van der Waals surface area contributed by atoms with Crippen LogP contribution in [0.4, 0.5) is 0 Å². The van der Waals surface area contributed by atoms with Gasteiger partial charge in [-0.1, -0.05) is 19.8 Å². The van der Waals surface area contributed by atoms with Crippen molar-refractivity contribution >= 4 is 11.9 Å². The number of carboxylic acids is 1. The molecule has 1 aromatic heterocycles. The van der Waals surface area contributed by atoms with E-state index in [0.29, 0.717) is 18.1 Å². The summed E-state index contributed by atoms with van der Waals surface area (Å²) in [5, 5.41) is 17.9. The smallest absolute Gasteiger partial charge is 0.326 e. The second-order valence-electron chi connectivity index (χ2n) is 4.11. The molecule has 1 atom stereocenters. The average Bonchev–Trinajstić information content (AvgIpc) is 2.69. The molecule has 1 rings (SSSR count). The van der Waals surface area contributed by atoms with Crippen LogP contribution in [0.1, 0.15) is 37.8 Å². The zero-order chi connectivity index (χ0) is 13.5. The molecule has 0 aliphatic carbocycles. The third kappa shape index (κ3) is 4.52. The Labute approximate surface area is 105 Å². The summed E-state index contributed by atoms with van der Waals surface area (Å²) in [7, 11) is 0. The fourth-order valence-electron chi connectivity index (χ4n) is 1.52. The van der Waals surface area contributed by atoms with Crippen LogP contribution in [0.2, 0.25) is 0 Å². The van der Waals surface area contributed by atoms with Gasteiger partial charge in [-0.15, -0.1) is 0 Å². The van der Waals surface area contributed by atoms with Gasteiger partial charge in [0.05, 0.1) is 6.42 Å². The Bertz CT molecular complexity index is 416. The highest BCUT2D eigenvalue weighted by molar-refractivity contribution is 5.84. The largest absolute Gasteiger partial charge is 0.480 e. The molecule has 0 aliphatic heterocycles. The van der Waals surface area contributed by atoms with Crippen molar-refractivity contribution in [3.8, 4) is 0 Å². The molecule has 0 saturated carbocycles. The molecule has 1 heterocycles. The highest BCUT2D eigenvalue weighted by Crippen LogP contribution is 2.01. The van der Waals surface area contributed by atoms with E-state index in [9.17, 15) is 9.59 Å². The van der Waals surface area contributed by atoms with Gasteiger partial charge in [0.25, 0.3) is 0 Å². The Kier molecular flexibility index (Phi) is 5.29. The number of aliphatic carboxylic acids is 1. The van der Waals surface area contributed by atoms with E-state index in [2.05, 4.69) is 20.5 Å². The lowest BCUT2D eigenvalue weighted by Crippen LogP contribution is -2.41. The number of hydrogen-bond donors (Lipinski definition) is 3. The Morgan fingerprint density at radius 1 is 1.50 bits per heavy atom. The monoisotopic (exact) mass is 254 g/mol. The maximum atomic E-state index is 11.6. The molecule has 7 nitrogen and oxygen atoms in total.